The van der Waals surface area contributed by atoms with Crippen LogP contribution in [0.5, 0.6) is 0 Å². The molecule has 2 unspecified atom stereocenters. The first-order chi connectivity index (χ1) is 8.72. The molecule has 0 amide bonds. The summed E-state index contributed by atoms with van der Waals surface area (Å²) in [7, 11) is 0. The normalized spacial score (nSPS) is 14.2. The van der Waals surface area contributed by atoms with Crippen molar-refractivity contribution in [2.24, 2.45) is 5.73 Å². The Labute approximate surface area is 106 Å². The highest BCUT2D eigenvalue weighted by Crippen LogP contribution is 2.29. The van der Waals surface area contributed by atoms with E-state index >= 15 is 0 Å². The summed E-state index contributed by atoms with van der Waals surface area (Å²) in [4.78, 5) is 0. The Morgan fingerprint density at radius 3 is 2.11 bits per heavy atom. The maximum absolute atomic E-state index is 12.9. The number of nitrogens with two attached hydrogens (primary N) is 1. The van der Waals surface area contributed by atoms with Crippen LogP contribution >= 0.6 is 0 Å². The molecule has 94 valence electrons. The van der Waals surface area contributed by atoms with Crippen LogP contribution in [0.2, 0.25) is 0 Å². The van der Waals surface area contributed by atoms with E-state index in [1.165, 1.54) is 12.1 Å². The second-order valence-electron chi connectivity index (χ2n) is 4.25. The van der Waals surface area contributed by atoms with Gasteiger partial charge in [-0.25, -0.2) is 4.39 Å². The van der Waals surface area contributed by atoms with Gasteiger partial charge in [0.05, 0.1) is 6.10 Å². The van der Waals surface area contributed by atoms with Crippen LogP contribution in [0.15, 0.2) is 54.6 Å². The molecule has 0 radical (unpaired) electrons. The molecular formula is C15H16FNO. The molecule has 3 N–H and O–H groups in total. The van der Waals surface area contributed by atoms with E-state index in [-0.39, 0.29) is 11.7 Å². The third-order valence-electron chi connectivity index (χ3n) is 3.07. The van der Waals surface area contributed by atoms with E-state index < -0.39 is 6.10 Å². The molecule has 18 heavy (non-hydrogen) atoms. The molecule has 2 rings (SSSR count). The Kier molecular flexibility index (Phi) is 4.07. The maximum atomic E-state index is 12.9. The van der Waals surface area contributed by atoms with Crippen LogP contribution in [0.25, 0.3) is 0 Å². The monoisotopic (exact) mass is 245 g/mol. The van der Waals surface area contributed by atoms with E-state index in [1.54, 1.807) is 12.1 Å². The molecule has 0 spiro atoms. The summed E-state index contributed by atoms with van der Waals surface area (Å²) in [6.07, 6.45) is -0.679. The first-order valence-electron chi connectivity index (χ1n) is 5.91. The second-order valence-corrected chi connectivity index (χ2v) is 4.25. The van der Waals surface area contributed by atoms with Gasteiger partial charge in [0.15, 0.2) is 0 Å². The molecule has 0 aliphatic carbocycles. The highest BCUT2D eigenvalue weighted by molar-refractivity contribution is 5.27. The van der Waals surface area contributed by atoms with Gasteiger partial charge >= 0.3 is 0 Å². The summed E-state index contributed by atoms with van der Waals surface area (Å²) in [6, 6.07) is 15.5. The quantitative estimate of drug-likeness (QED) is 0.869. The summed E-state index contributed by atoms with van der Waals surface area (Å²) in [5, 5.41) is 10.3. The molecule has 0 saturated heterocycles. The van der Waals surface area contributed by atoms with Gasteiger partial charge in [0, 0.05) is 12.5 Å². The molecule has 0 heterocycles. The predicted octanol–water partition coefficient (Wildman–Crippen LogP) is 2.60. The third-order valence-corrected chi connectivity index (χ3v) is 3.07. The van der Waals surface area contributed by atoms with Crippen LogP contribution in [0.1, 0.15) is 23.1 Å². The van der Waals surface area contributed by atoms with Crippen molar-refractivity contribution >= 4 is 0 Å². The van der Waals surface area contributed by atoms with Crippen LogP contribution in [-0.2, 0) is 0 Å². The SMILES string of the molecule is NCC(c1ccc(F)cc1)C(O)c1ccccc1. The van der Waals surface area contributed by atoms with Crippen molar-refractivity contribution in [1.82, 2.24) is 0 Å². The molecule has 2 nitrogen and oxygen atoms in total. The van der Waals surface area contributed by atoms with Gasteiger partial charge in [-0.2, -0.15) is 0 Å². The largest absolute Gasteiger partial charge is 0.388 e. The summed E-state index contributed by atoms with van der Waals surface area (Å²) in [5.74, 6) is -0.517. The van der Waals surface area contributed by atoms with Gasteiger partial charge in [-0.05, 0) is 23.3 Å². The van der Waals surface area contributed by atoms with Crippen LogP contribution in [0, 0.1) is 5.82 Å². The van der Waals surface area contributed by atoms with E-state index in [9.17, 15) is 9.50 Å². The van der Waals surface area contributed by atoms with Crippen molar-refractivity contribution in [1.29, 1.82) is 0 Å². The lowest BCUT2D eigenvalue weighted by Gasteiger charge is -2.22. The fourth-order valence-corrected chi connectivity index (χ4v) is 2.04. The van der Waals surface area contributed by atoms with E-state index in [0.717, 1.165) is 11.1 Å². The zero-order chi connectivity index (χ0) is 13.0. The first-order valence-corrected chi connectivity index (χ1v) is 5.91. The van der Waals surface area contributed by atoms with E-state index in [0.29, 0.717) is 6.54 Å². The second kappa shape index (κ2) is 5.76. The molecule has 0 aliphatic rings. The molecule has 2 aromatic rings. The average molecular weight is 245 g/mol. The van der Waals surface area contributed by atoms with E-state index in [2.05, 4.69) is 0 Å². The number of hydrogen-bond acceptors (Lipinski definition) is 2. The van der Waals surface area contributed by atoms with Crippen molar-refractivity contribution in [3.63, 3.8) is 0 Å². The molecule has 3 heteroatoms. The average Bonchev–Trinajstić information content (AvgIpc) is 2.42. The number of benzene rings is 2. The van der Waals surface area contributed by atoms with Crippen LogP contribution in [0.3, 0.4) is 0 Å². The smallest absolute Gasteiger partial charge is 0.123 e. The van der Waals surface area contributed by atoms with Crippen molar-refractivity contribution in [3.8, 4) is 0 Å². The summed E-state index contributed by atoms with van der Waals surface area (Å²) < 4.78 is 12.9. The topological polar surface area (TPSA) is 46.2 Å². The number of rotatable bonds is 4. The van der Waals surface area contributed by atoms with Gasteiger partial charge in [-0.3, -0.25) is 0 Å². The van der Waals surface area contributed by atoms with Crippen molar-refractivity contribution in [2.75, 3.05) is 6.54 Å². The maximum Gasteiger partial charge on any atom is 0.123 e. The lowest BCUT2D eigenvalue weighted by Crippen LogP contribution is -2.20. The molecule has 2 atom stereocenters. The van der Waals surface area contributed by atoms with E-state index in [4.69, 9.17) is 5.73 Å². The van der Waals surface area contributed by atoms with Gasteiger partial charge in [0.2, 0.25) is 0 Å². The Hall–Kier alpha value is -1.71. The summed E-state index contributed by atoms with van der Waals surface area (Å²) in [6.45, 7) is 0.307. The highest BCUT2D eigenvalue weighted by atomic mass is 19.1. The Morgan fingerprint density at radius 1 is 0.944 bits per heavy atom. The van der Waals surface area contributed by atoms with E-state index in [1.807, 2.05) is 30.3 Å². The standard InChI is InChI=1S/C15H16FNO/c16-13-8-6-11(7-9-13)14(10-17)15(18)12-4-2-1-3-5-12/h1-9,14-15,18H,10,17H2. The van der Waals surface area contributed by atoms with Crippen LogP contribution in [0.4, 0.5) is 4.39 Å². The number of hydrogen-bond donors (Lipinski definition) is 2. The lowest BCUT2D eigenvalue weighted by molar-refractivity contribution is 0.147. The zero-order valence-corrected chi connectivity index (χ0v) is 9.96. The molecule has 0 fully saturated rings. The van der Waals surface area contributed by atoms with Gasteiger partial charge in [0.1, 0.15) is 5.82 Å². The number of aliphatic hydroxyl groups is 1. The van der Waals surface area contributed by atoms with Crippen LogP contribution in [-0.4, -0.2) is 11.7 Å². The Balaban J connectivity index is 2.26. The summed E-state index contributed by atoms with van der Waals surface area (Å²) in [5.41, 5.74) is 7.39. The van der Waals surface area contributed by atoms with Gasteiger partial charge in [-0.15, -0.1) is 0 Å². The minimum absolute atomic E-state index is 0.229. The molecule has 0 saturated carbocycles. The highest BCUT2D eigenvalue weighted by Gasteiger charge is 2.21. The van der Waals surface area contributed by atoms with Crippen molar-refractivity contribution < 1.29 is 9.50 Å². The molecule has 0 aliphatic heterocycles. The first kappa shape index (κ1) is 12.7. The van der Waals surface area contributed by atoms with Gasteiger partial charge in [0.25, 0.3) is 0 Å². The number of halogens is 1. The Morgan fingerprint density at radius 2 is 1.56 bits per heavy atom. The van der Waals surface area contributed by atoms with Gasteiger partial charge < -0.3 is 10.8 Å². The molecule has 0 bridgehead atoms. The minimum Gasteiger partial charge on any atom is -0.388 e. The lowest BCUT2D eigenvalue weighted by atomic mass is 9.89. The fraction of sp³-hybridized carbons (Fsp3) is 0.200. The fourth-order valence-electron chi connectivity index (χ4n) is 2.04. The zero-order valence-electron chi connectivity index (χ0n) is 9.96. The van der Waals surface area contributed by atoms with Gasteiger partial charge in [-0.1, -0.05) is 42.5 Å². The number of aliphatic hydroxyl groups excluding tert-OH is 1. The third kappa shape index (κ3) is 2.75. The minimum atomic E-state index is -0.679. The Bertz CT molecular complexity index is 484. The molecule has 2 aromatic carbocycles. The predicted molar refractivity (Wildman–Crippen MR) is 69.6 cm³/mol. The molecule has 0 aromatic heterocycles. The van der Waals surface area contributed by atoms with Crippen molar-refractivity contribution in [2.45, 2.75) is 12.0 Å². The van der Waals surface area contributed by atoms with Crippen LogP contribution < -0.4 is 5.73 Å². The summed E-state index contributed by atoms with van der Waals surface area (Å²) >= 11 is 0. The van der Waals surface area contributed by atoms with Crippen molar-refractivity contribution in [3.05, 3.63) is 71.5 Å². The molecular weight excluding hydrogens is 229 g/mol.